The Kier molecular flexibility index (Phi) is 4.91. The molecule has 6 atom stereocenters. The number of allylic oxidation sites excluding steroid dienone is 2. The van der Waals surface area contributed by atoms with Crippen molar-refractivity contribution >= 4 is 15.7 Å². The van der Waals surface area contributed by atoms with Crippen LogP contribution in [0.4, 0.5) is 0 Å². The molecule has 168 valence electrons. The van der Waals surface area contributed by atoms with Crippen LogP contribution in [0, 0.1) is 45.8 Å². The lowest BCUT2D eigenvalue weighted by Gasteiger charge is -2.58. The lowest BCUT2D eigenvalue weighted by Crippen LogP contribution is -2.51. The van der Waals surface area contributed by atoms with E-state index in [1.54, 1.807) is 16.8 Å². The third-order valence-corrected chi connectivity index (χ3v) is 11.0. The minimum Gasteiger partial charge on any atom is -0.294 e. The van der Waals surface area contributed by atoms with Crippen molar-refractivity contribution in [2.45, 2.75) is 58.8 Å². The first-order valence-corrected chi connectivity index (χ1v) is 13.6. The number of aromatic nitrogens is 2. The van der Waals surface area contributed by atoms with Crippen molar-refractivity contribution in [1.29, 1.82) is 5.26 Å². The molecule has 2 saturated carbocycles. The fourth-order valence-corrected chi connectivity index (χ4v) is 8.86. The molecule has 1 aromatic heterocycles. The van der Waals surface area contributed by atoms with E-state index >= 15 is 0 Å². The lowest BCUT2D eigenvalue weighted by atomic mass is 9.46. The largest absolute Gasteiger partial charge is 0.294 e. The molecule has 1 aromatic rings. The highest BCUT2D eigenvalue weighted by Gasteiger charge is 2.58. The predicted molar refractivity (Wildman–Crippen MR) is 120 cm³/mol. The number of fused-ring (bicyclic) bond motifs is 5. The Hall–Kier alpha value is -1.65. The molecule has 31 heavy (non-hydrogen) atoms. The van der Waals surface area contributed by atoms with Gasteiger partial charge in [0.1, 0.15) is 11.8 Å². The minimum atomic E-state index is -3.12. The molecule has 0 amide bonds. The fourth-order valence-electron chi connectivity index (χ4n) is 8.00. The molecule has 0 aromatic carbocycles. The second-order valence-corrected chi connectivity index (χ2v) is 12.9. The predicted octanol–water partition coefficient (Wildman–Crippen LogP) is 4.12. The van der Waals surface area contributed by atoms with E-state index in [2.05, 4.69) is 31.0 Å². The zero-order chi connectivity index (χ0) is 22.0. The highest BCUT2D eigenvalue weighted by Crippen LogP contribution is 2.66. The number of imidazole rings is 1. The van der Waals surface area contributed by atoms with Crippen LogP contribution >= 0.6 is 0 Å². The molecule has 5 rings (SSSR count). The van der Waals surface area contributed by atoms with Crippen molar-refractivity contribution in [2.75, 3.05) is 19.3 Å². The van der Waals surface area contributed by atoms with E-state index in [4.69, 9.17) is 0 Å². The van der Waals surface area contributed by atoms with Gasteiger partial charge >= 0.3 is 0 Å². The summed E-state index contributed by atoms with van der Waals surface area (Å²) in [4.78, 5) is 4.24. The number of nitrogens with zero attached hydrogens (tertiary/aromatic N) is 4. The monoisotopic (exact) mass is 442 g/mol. The normalized spacial score (nSPS) is 40.8. The first-order chi connectivity index (χ1) is 14.7. The summed E-state index contributed by atoms with van der Waals surface area (Å²) >= 11 is 0. The highest BCUT2D eigenvalue weighted by atomic mass is 32.2. The topological polar surface area (TPSA) is 79.0 Å². The third kappa shape index (κ3) is 3.13. The summed E-state index contributed by atoms with van der Waals surface area (Å²) in [5, 5.41) is 9.52. The van der Waals surface area contributed by atoms with Crippen molar-refractivity contribution in [3.8, 4) is 6.07 Å². The number of hydrogen-bond donors (Lipinski definition) is 0. The van der Waals surface area contributed by atoms with Crippen molar-refractivity contribution in [1.82, 2.24) is 13.9 Å². The summed E-state index contributed by atoms with van der Waals surface area (Å²) in [7, 11) is -3.12. The number of sulfonamides is 1. The van der Waals surface area contributed by atoms with Gasteiger partial charge in [-0.1, -0.05) is 19.9 Å². The van der Waals surface area contributed by atoms with Crippen LogP contribution in [0.1, 0.15) is 64.5 Å². The van der Waals surface area contributed by atoms with Crippen molar-refractivity contribution in [3.63, 3.8) is 0 Å². The van der Waals surface area contributed by atoms with Crippen LogP contribution in [0.25, 0.3) is 5.70 Å². The quantitative estimate of drug-likeness (QED) is 0.690. The molecule has 4 aliphatic rings. The van der Waals surface area contributed by atoms with Gasteiger partial charge in [-0.05, 0) is 74.0 Å². The Morgan fingerprint density at radius 2 is 1.94 bits per heavy atom. The van der Waals surface area contributed by atoms with Gasteiger partial charge in [0.15, 0.2) is 0 Å². The van der Waals surface area contributed by atoms with Crippen molar-refractivity contribution < 1.29 is 8.42 Å². The molecule has 0 N–H and O–H groups in total. The Morgan fingerprint density at radius 3 is 2.68 bits per heavy atom. The Balaban J connectivity index is 1.42. The molecule has 1 aliphatic heterocycles. The van der Waals surface area contributed by atoms with Gasteiger partial charge in [0.2, 0.25) is 10.0 Å². The molecular weight excluding hydrogens is 408 g/mol. The lowest BCUT2D eigenvalue weighted by molar-refractivity contribution is -0.0799. The zero-order valence-corrected chi connectivity index (χ0v) is 19.7. The Labute approximate surface area is 186 Å². The van der Waals surface area contributed by atoms with Gasteiger partial charge in [-0.2, -0.15) is 5.26 Å². The van der Waals surface area contributed by atoms with Crippen LogP contribution < -0.4 is 0 Å². The van der Waals surface area contributed by atoms with Gasteiger partial charge in [-0.25, -0.2) is 17.7 Å². The smallest absolute Gasteiger partial charge is 0.211 e. The summed E-state index contributed by atoms with van der Waals surface area (Å²) < 4.78 is 28.2. The number of hydrogen-bond acceptors (Lipinski definition) is 4. The average molecular weight is 443 g/mol. The summed E-state index contributed by atoms with van der Waals surface area (Å²) in [6.45, 7) is 6.22. The van der Waals surface area contributed by atoms with E-state index in [0.717, 1.165) is 25.7 Å². The van der Waals surface area contributed by atoms with Crippen LogP contribution in [0.15, 0.2) is 18.6 Å². The summed E-state index contributed by atoms with van der Waals surface area (Å²) in [5.74, 6) is 2.56. The minimum absolute atomic E-state index is 0.0835. The van der Waals surface area contributed by atoms with Crippen LogP contribution in [0.3, 0.4) is 0 Å². The van der Waals surface area contributed by atoms with Gasteiger partial charge < -0.3 is 0 Å². The first-order valence-electron chi connectivity index (χ1n) is 11.8. The second-order valence-electron chi connectivity index (χ2n) is 10.9. The van der Waals surface area contributed by atoms with Gasteiger partial charge in [0, 0.05) is 24.2 Å². The molecular formula is C24H34N4O2S. The van der Waals surface area contributed by atoms with Gasteiger partial charge in [0.25, 0.3) is 0 Å². The van der Waals surface area contributed by atoms with E-state index in [9.17, 15) is 13.7 Å². The third-order valence-electron chi connectivity index (χ3n) is 9.71. The second kappa shape index (κ2) is 7.18. The van der Waals surface area contributed by atoms with Crippen LogP contribution in [0.2, 0.25) is 0 Å². The molecule has 3 fully saturated rings. The van der Waals surface area contributed by atoms with Crippen molar-refractivity contribution in [3.05, 3.63) is 24.3 Å². The average Bonchev–Trinajstić information content (AvgIpc) is 3.26. The fraction of sp³-hybridized carbons (Fsp3) is 0.750. The molecule has 1 saturated heterocycles. The molecule has 6 nitrogen and oxygen atoms in total. The highest BCUT2D eigenvalue weighted by molar-refractivity contribution is 7.88. The van der Waals surface area contributed by atoms with Crippen LogP contribution in [-0.2, 0) is 10.0 Å². The molecule has 3 aliphatic carbocycles. The van der Waals surface area contributed by atoms with E-state index in [1.807, 2.05) is 4.57 Å². The zero-order valence-electron chi connectivity index (χ0n) is 18.9. The van der Waals surface area contributed by atoms with Gasteiger partial charge in [0.05, 0.1) is 18.8 Å². The molecule has 2 heterocycles. The maximum Gasteiger partial charge on any atom is 0.211 e. The maximum absolute atomic E-state index is 12.2. The number of nitriles is 1. The van der Waals surface area contributed by atoms with E-state index in [1.165, 1.54) is 31.2 Å². The Morgan fingerprint density at radius 1 is 1.13 bits per heavy atom. The summed E-state index contributed by atoms with van der Waals surface area (Å²) in [6, 6.07) is 2.29. The van der Waals surface area contributed by atoms with Crippen molar-refractivity contribution in [2.24, 2.45) is 34.5 Å². The SMILES string of the molecule is C[C@]12CCN(S(C)(=O)=O)CCC1CC[C@@H]1[C@@H]2CC[C@]2(C)C(n3cncc3C#N)=CC[C@@H]12. The molecule has 7 heteroatoms. The molecule has 0 spiro atoms. The van der Waals surface area contributed by atoms with E-state index < -0.39 is 10.0 Å². The van der Waals surface area contributed by atoms with E-state index in [0.29, 0.717) is 42.5 Å². The van der Waals surface area contributed by atoms with Crippen LogP contribution in [-0.4, -0.2) is 41.6 Å². The Bertz CT molecular complexity index is 1050. The van der Waals surface area contributed by atoms with Crippen LogP contribution in [0.5, 0.6) is 0 Å². The van der Waals surface area contributed by atoms with Gasteiger partial charge in [-0.15, -0.1) is 0 Å². The first kappa shape index (κ1) is 21.2. The standard InChI is InChI=1S/C24H34N4O2S/c1-23-11-13-27(31(3,29)30)12-9-17(23)4-5-19-20-6-7-22(24(20,2)10-8-21(19)23)28-16-26-15-18(28)14-25/h7,15-17,19-21H,4-6,8-13H2,1-3H3/t17?,19-,20-,21-,23-,24-/m0/s1. The number of rotatable bonds is 2. The molecule has 0 radical (unpaired) electrons. The summed E-state index contributed by atoms with van der Waals surface area (Å²) in [5.41, 5.74) is 2.19. The molecule has 0 bridgehead atoms. The maximum atomic E-state index is 12.2. The van der Waals surface area contributed by atoms with Gasteiger partial charge in [-0.3, -0.25) is 4.57 Å². The summed E-state index contributed by atoms with van der Waals surface area (Å²) in [6.07, 6.45) is 15.0. The van der Waals surface area contributed by atoms with E-state index in [-0.39, 0.29) is 10.8 Å². The molecule has 1 unspecified atom stereocenters.